The predicted octanol–water partition coefficient (Wildman–Crippen LogP) is 1.39. The number of Topliss-reactive ketones (excluding diaryl/α,β-unsaturated/α-hetero) is 1. The van der Waals surface area contributed by atoms with E-state index in [0.29, 0.717) is 6.42 Å². The quantitative estimate of drug-likeness (QED) is 0.602. The van der Waals surface area contributed by atoms with Crippen LogP contribution in [0.1, 0.15) is 26.7 Å². The van der Waals surface area contributed by atoms with E-state index in [1.165, 1.54) is 0 Å². The standard InChI is InChI=1S/C9H12O3/c1-5-3-4-7(10)8(6(5)2)9(11)12/h5H,3-4H2,1-2H3,(H,11,12). The van der Waals surface area contributed by atoms with Gasteiger partial charge in [-0.15, -0.1) is 0 Å². The molecule has 1 aliphatic carbocycles. The zero-order valence-corrected chi connectivity index (χ0v) is 7.26. The van der Waals surface area contributed by atoms with E-state index in [2.05, 4.69) is 0 Å². The SMILES string of the molecule is CC1=C(C(=O)O)C(=O)CCC1C. The number of hydrogen-bond acceptors (Lipinski definition) is 2. The Hall–Kier alpha value is -1.12. The Labute approximate surface area is 71.1 Å². The Morgan fingerprint density at radius 3 is 2.58 bits per heavy atom. The van der Waals surface area contributed by atoms with Crippen molar-refractivity contribution < 1.29 is 14.7 Å². The lowest BCUT2D eigenvalue weighted by Gasteiger charge is -2.19. The average Bonchev–Trinajstić information content (AvgIpc) is 1.97. The summed E-state index contributed by atoms with van der Waals surface area (Å²) >= 11 is 0. The maximum atomic E-state index is 11.2. The normalized spacial score (nSPS) is 24.5. The molecule has 66 valence electrons. The van der Waals surface area contributed by atoms with Crippen molar-refractivity contribution in [2.75, 3.05) is 0 Å². The molecule has 0 saturated carbocycles. The summed E-state index contributed by atoms with van der Waals surface area (Å²) in [6.07, 6.45) is 1.15. The van der Waals surface area contributed by atoms with Gasteiger partial charge in [-0.2, -0.15) is 0 Å². The second-order valence-electron chi connectivity index (χ2n) is 3.23. The minimum atomic E-state index is -1.08. The largest absolute Gasteiger partial charge is 0.478 e. The van der Waals surface area contributed by atoms with Gasteiger partial charge in [0, 0.05) is 6.42 Å². The van der Waals surface area contributed by atoms with E-state index >= 15 is 0 Å². The zero-order valence-electron chi connectivity index (χ0n) is 7.26. The van der Waals surface area contributed by atoms with Crippen LogP contribution in [0.2, 0.25) is 0 Å². The lowest BCUT2D eigenvalue weighted by atomic mass is 9.84. The van der Waals surface area contributed by atoms with Gasteiger partial charge in [0.2, 0.25) is 0 Å². The Bertz CT molecular complexity index is 263. The number of carboxylic acids is 1. The third-order valence-corrected chi connectivity index (χ3v) is 2.43. The van der Waals surface area contributed by atoms with Crippen molar-refractivity contribution in [2.24, 2.45) is 5.92 Å². The smallest absolute Gasteiger partial charge is 0.339 e. The summed E-state index contributed by atoms with van der Waals surface area (Å²) in [5, 5.41) is 8.72. The lowest BCUT2D eigenvalue weighted by Crippen LogP contribution is -2.21. The maximum Gasteiger partial charge on any atom is 0.339 e. The van der Waals surface area contributed by atoms with Gasteiger partial charge in [-0.25, -0.2) is 4.79 Å². The second-order valence-corrected chi connectivity index (χ2v) is 3.23. The molecule has 1 N–H and O–H groups in total. The van der Waals surface area contributed by atoms with Crippen molar-refractivity contribution in [3.63, 3.8) is 0 Å². The zero-order chi connectivity index (χ0) is 9.30. The summed E-state index contributed by atoms with van der Waals surface area (Å²) < 4.78 is 0. The summed E-state index contributed by atoms with van der Waals surface area (Å²) in [7, 11) is 0. The molecule has 12 heavy (non-hydrogen) atoms. The van der Waals surface area contributed by atoms with Gasteiger partial charge < -0.3 is 5.11 Å². The summed E-state index contributed by atoms with van der Waals surface area (Å²) in [5.41, 5.74) is 0.729. The summed E-state index contributed by atoms with van der Waals surface area (Å²) in [4.78, 5) is 21.8. The van der Waals surface area contributed by atoms with Crippen LogP contribution in [0.4, 0.5) is 0 Å². The van der Waals surface area contributed by atoms with Crippen LogP contribution in [0.3, 0.4) is 0 Å². The third kappa shape index (κ3) is 1.40. The van der Waals surface area contributed by atoms with Crippen LogP contribution in [-0.2, 0) is 9.59 Å². The first kappa shape index (κ1) is 8.97. The molecule has 1 aliphatic rings. The summed E-state index contributed by atoms with van der Waals surface area (Å²) in [6.45, 7) is 3.68. The monoisotopic (exact) mass is 168 g/mol. The maximum absolute atomic E-state index is 11.2. The van der Waals surface area contributed by atoms with Gasteiger partial charge in [-0.1, -0.05) is 12.5 Å². The van der Waals surface area contributed by atoms with E-state index in [1.54, 1.807) is 6.92 Å². The van der Waals surface area contributed by atoms with Crippen LogP contribution in [0, 0.1) is 5.92 Å². The molecule has 0 amide bonds. The van der Waals surface area contributed by atoms with Gasteiger partial charge in [0.25, 0.3) is 0 Å². The van der Waals surface area contributed by atoms with Gasteiger partial charge in [-0.3, -0.25) is 4.79 Å². The highest BCUT2D eigenvalue weighted by Crippen LogP contribution is 2.27. The molecule has 0 spiro atoms. The van der Waals surface area contributed by atoms with Gasteiger partial charge in [0.05, 0.1) is 0 Å². The molecule has 0 fully saturated rings. The van der Waals surface area contributed by atoms with E-state index < -0.39 is 5.97 Å². The van der Waals surface area contributed by atoms with Gasteiger partial charge in [-0.05, 0) is 19.3 Å². The number of hydrogen-bond donors (Lipinski definition) is 1. The number of ketones is 1. The van der Waals surface area contributed by atoms with Gasteiger partial charge in [0.15, 0.2) is 5.78 Å². The number of carboxylic acid groups (broad SMARTS) is 1. The number of aliphatic carboxylic acids is 1. The molecular weight excluding hydrogens is 156 g/mol. The van der Waals surface area contributed by atoms with E-state index in [4.69, 9.17) is 5.11 Å². The predicted molar refractivity (Wildman–Crippen MR) is 43.7 cm³/mol. The Morgan fingerprint density at radius 1 is 1.58 bits per heavy atom. The van der Waals surface area contributed by atoms with E-state index in [9.17, 15) is 9.59 Å². The van der Waals surface area contributed by atoms with Crippen molar-refractivity contribution in [1.29, 1.82) is 0 Å². The fraction of sp³-hybridized carbons (Fsp3) is 0.556. The first-order chi connectivity index (χ1) is 5.54. The molecule has 0 saturated heterocycles. The van der Waals surface area contributed by atoms with Gasteiger partial charge >= 0.3 is 5.97 Å². The Kier molecular flexibility index (Phi) is 2.31. The van der Waals surface area contributed by atoms with E-state index in [0.717, 1.165) is 12.0 Å². The number of carbonyl (C=O) groups is 2. The average molecular weight is 168 g/mol. The van der Waals surface area contributed by atoms with Crippen molar-refractivity contribution in [1.82, 2.24) is 0 Å². The number of allylic oxidation sites excluding steroid dienone is 1. The van der Waals surface area contributed by atoms with Crippen LogP contribution in [0.5, 0.6) is 0 Å². The minimum absolute atomic E-state index is 0.00810. The van der Waals surface area contributed by atoms with Crippen LogP contribution >= 0.6 is 0 Å². The Morgan fingerprint density at radius 2 is 2.17 bits per heavy atom. The molecule has 0 aliphatic heterocycles. The second kappa shape index (κ2) is 3.09. The first-order valence-corrected chi connectivity index (χ1v) is 4.01. The molecule has 3 heteroatoms. The molecule has 3 nitrogen and oxygen atoms in total. The van der Waals surface area contributed by atoms with Gasteiger partial charge in [0.1, 0.15) is 5.57 Å². The highest BCUT2D eigenvalue weighted by Gasteiger charge is 2.27. The molecule has 0 aromatic rings. The lowest BCUT2D eigenvalue weighted by molar-refractivity contribution is -0.135. The van der Waals surface area contributed by atoms with Crippen molar-refractivity contribution in [3.8, 4) is 0 Å². The van der Waals surface area contributed by atoms with Crippen LogP contribution < -0.4 is 0 Å². The number of rotatable bonds is 1. The summed E-state index contributed by atoms with van der Waals surface area (Å²) in [6, 6.07) is 0. The van der Waals surface area contributed by atoms with Crippen LogP contribution in [-0.4, -0.2) is 16.9 Å². The van der Waals surface area contributed by atoms with Crippen molar-refractivity contribution in [2.45, 2.75) is 26.7 Å². The molecule has 1 unspecified atom stereocenters. The van der Waals surface area contributed by atoms with Crippen molar-refractivity contribution >= 4 is 11.8 Å². The highest BCUT2D eigenvalue weighted by molar-refractivity contribution is 6.17. The van der Waals surface area contributed by atoms with Crippen LogP contribution in [0.15, 0.2) is 11.1 Å². The van der Waals surface area contributed by atoms with E-state index in [-0.39, 0.29) is 17.3 Å². The third-order valence-electron chi connectivity index (χ3n) is 2.43. The first-order valence-electron chi connectivity index (χ1n) is 4.01. The molecule has 1 rings (SSSR count). The van der Waals surface area contributed by atoms with Crippen molar-refractivity contribution in [3.05, 3.63) is 11.1 Å². The molecule has 0 aromatic heterocycles. The Balaban J connectivity index is 3.10. The number of carbonyl (C=O) groups excluding carboxylic acids is 1. The summed E-state index contributed by atoms with van der Waals surface area (Å²) in [5.74, 6) is -1.07. The topological polar surface area (TPSA) is 54.4 Å². The molecule has 0 radical (unpaired) electrons. The van der Waals surface area contributed by atoms with E-state index in [1.807, 2.05) is 6.92 Å². The molecule has 0 bridgehead atoms. The molecule has 1 atom stereocenters. The fourth-order valence-electron chi connectivity index (χ4n) is 1.44. The molecule has 0 aromatic carbocycles. The molecule has 0 heterocycles. The molecular formula is C9H12O3. The fourth-order valence-corrected chi connectivity index (χ4v) is 1.44. The highest BCUT2D eigenvalue weighted by atomic mass is 16.4. The minimum Gasteiger partial charge on any atom is -0.478 e. The van der Waals surface area contributed by atoms with Crippen LogP contribution in [0.25, 0.3) is 0 Å².